The second-order valence-corrected chi connectivity index (χ2v) is 4.35. The Morgan fingerprint density at radius 1 is 1.40 bits per heavy atom. The first kappa shape index (κ1) is 8.97. The number of rotatable bonds is 0. The Balaban J connectivity index is 2.12. The molecule has 0 aliphatic carbocycles. The lowest BCUT2D eigenvalue weighted by Gasteiger charge is -2.28. The zero-order valence-electron chi connectivity index (χ0n) is 9.01. The number of fused-ring (bicyclic) bond motifs is 3. The van der Waals surface area contributed by atoms with E-state index in [1.807, 2.05) is 7.05 Å². The van der Waals surface area contributed by atoms with Gasteiger partial charge in [0.15, 0.2) is 0 Å². The van der Waals surface area contributed by atoms with Gasteiger partial charge in [-0.25, -0.2) is 5.43 Å². The quantitative estimate of drug-likeness (QED) is 0.664. The lowest BCUT2D eigenvalue weighted by Crippen LogP contribution is -2.44. The highest BCUT2D eigenvalue weighted by atomic mass is 15.5. The second-order valence-electron chi connectivity index (χ2n) is 4.35. The molecule has 3 rings (SSSR count). The number of nitrogens with one attached hydrogen (secondary N) is 2. The van der Waals surface area contributed by atoms with E-state index in [1.165, 1.54) is 30.7 Å². The molecule has 2 N–H and O–H groups in total. The maximum absolute atomic E-state index is 8.01. The summed E-state index contributed by atoms with van der Waals surface area (Å²) in [4.78, 5) is 0. The van der Waals surface area contributed by atoms with Crippen molar-refractivity contribution in [1.82, 2.24) is 15.0 Å². The number of hydrogen-bond donors (Lipinski definition) is 2. The summed E-state index contributed by atoms with van der Waals surface area (Å²) in [7, 11) is 1.90. The predicted octanol–water partition coefficient (Wildman–Crippen LogP) is 1.10. The van der Waals surface area contributed by atoms with Crippen molar-refractivity contribution in [2.45, 2.75) is 32.4 Å². The van der Waals surface area contributed by atoms with Gasteiger partial charge in [0, 0.05) is 30.5 Å². The molecular weight excluding hydrogens is 188 g/mol. The summed E-state index contributed by atoms with van der Waals surface area (Å²) in [6.07, 6.45) is 3.74. The normalized spacial score (nSPS) is 20.1. The molecule has 2 aliphatic rings. The number of hydrazine groups is 1. The minimum absolute atomic E-state index is 0.596. The van der Waals surface area contributed by atoms with E-state index in [2.05, 4.69) is 16.1 Å². The molecule has 80 valence electrons. The molecule has 0 atom stereocenters. The predicted molar refractivity (Wildman–Crippen MR) is 58.8 cm³/mol. The highest BCUT2D eigenvalue weighted by molar-refractivity contribution is 5.98. The lowest BCUT2D eigenvalue weighted by atomic mass is 10.1. The zero-order valence-corrected chi connectivity index (χ0v) is 9.01. The molecule has 15 heavy (non-hydrogen) atoms. The smallest absolute Gasteiger partial charge is 0.144 e. The lowest BCUT2D eigenvalue weighted by molar-refractivity contribution is 0.339. The fourth-order valence-corrected chi connectivity index (χ4v) is 2.56. The molecular formula is C11H16N4. The first-order valence-electron chi connectivity index (χ1n) is 5.55. The number of amidine groups is 1. The maximum atomic E-state index is 8.01. The number of aryl methyl sites for hydroxylation is 1. The van der Waals surface area contributed by atoms with Crippen LogP contribution in [0, 0.1) is 5.41 Å². The van der Waals surface area contributed by atoms with Crippen LogP contribution < -0.4 is 5.43 Å². The third-order valence-corrected chi connectivity index (χ3v) is 3.43. The Hall–Kier alpha value is -1.29. The molecule has 4 heteroatoms. The number of hydrogen-bond acceptors (Lipinski definition) is 2. The fourth-order valence-electron chi connectivity index (χ4n) is 2.56. The third kappa shape index (κ3) is 1.21. The van der Waals surface area contributed by atoms with Crippen molar-refractivity contribution in [3.63, 3.8) is 0 Å². The zero-order chi connectivity index (χ0) is 10.4. The van der Waals surface area contributed by atoms with Crippen LogP contribution in [0.3, 0.4) is 0 Å². The van der Waals surface area contributed by atoms with Crippen molar-refractivity contribution >= 4 is 5.84 Å². The summed E-state index contributed by atoms with van der Waals surface area (Å²) in [5, 5.41) is 9.81. The fraction of sp³-hybridized carbons (Fsp3) is 0.545. The van der Waals surface area contributed by atoms with Gasteiger partial charge in [-0.05, 0) is 25.3 Å². The number of aromatic nitrogens is 1. The molecule has 0 bridgehead atoms. The third-order valence-electron chi connectivity index (χ3n) is 3.43. The largest absolute Gasteiger partial charge is 0.347 e. The highest BCUT2D eigenvalue weighted by Crippen LogP contribution is 2.25. The molecule has 0 saturated heterocycles. The molecule has 1 aromatic rings. The minimum atomic E-state index is 0.596. The first-order chi connectivity index (χ1) is 7.27. The van der Waals surface area contributed by atoms with E-state index in [0.717, 1.165) is 18.7 Å². The van der Waals surface area contributed by atoms with E-state index in [0.29, 0.717) is 5.84 Å². The summed E-state index contributed by atoms with van der Waals surface area (Å²) >= 11 is 0. The monoisotopic (exact) mass is 204 g/mol. The molecule has 0 unspecified atom stereocenters. The van der Waals surface area contributed by atoms with Crippen molar-refractivity contribution in [1.29, 1.82) is 5.41 Å². The average Bonchev–Trinajstić information content (AvgIpc) is 2.63. The van der Waals surface area contributed by atoms with Gasteiger partial charge in [-0.2, -0.15) is 0 Å². The molecule has 0 spiro atoms. The van der Waals surface area contributed by atoms with Gasteiger partial charge in [-0.3, -0.25) is 10.4 Å². The summed E-state index contributed by atoms with van der Waals surface area (Å²) in [6.45, 7) is 1.98. The van der Waals surface area contributed by atoms with Gasteiger partial charge in [-0.15, -0.1) is 0 Å². The van der Waals surface area contributed by atoms with E-state index in [4.69, 9.17) is 5.41 Å². The van der Waals surface area contributed by atoms with Gasteiger partial charge in [0.25, 0.3) is 0 Å². The maximum Gasteiger partial charge on any atom is 0.144 e. The molecule has 0 radical (unpaired) electrons. The van der Waals surface area contributed by atoms with Crippen LogP contribution in [0.15, 0.2) is 6.07 Å². The van der Waals surface area contributed by atoms with Gasteiger partial charge in [0.2, 0.25) is 0 Å². The van der Waals surface area contributed by atoms with Crippen LogP contribution in [0.4, 0.5) is 0 Å². The Kier molecular flexibility index (Phi) is 1.85. The van der Waals surface area contributed by atoms with Crippen LogP contribution in [0.25, 0.3) is 0 Å². The summed E-state index contributed by atoms with van der Waals surface area (Å²) < 4.78 is 2.40. The summed E-state index contributed by atoms with van der Waals surface area (Å²) in [5.41, 5.74) is 7.04. The SMILES string of the molecule is CN1NCc2c(cc3n2CCCC3)C1=N. The van der Waals surface area contributed by atoms with E-state index in [1.54, 1.807) is 5.01 Å². The minimum Gasteiger partial charge on any atom is -0.347 e. The number of nitrogens with zero attached hydrogens (tertiary/aromatic N) is 2. The Morgan fingerprint density at radius 2 is 2.27 bits per heavy atom. The van der Waals surface area contributed by atoms with Crippen molar-refractivity contribution in [2.24, 2.45) is 0 Å². The van der Waals surface area contributed by atoms with Gasteiger partial charge >= 0.3 is 0 Å². The molecule has 2 aliphatic heterocycles. The molecule has 0 fully saturated rings. The van der Waals surface area contributed by atoms with Crippen LogP contribution in [0.2, 0.25) is 0 Å². The standard InChI is InChI=1S/C11H16N4/c1-14-11(12)9-6-8-4-2-3-5-15(8)10(9)7-13-14/h6,12-13H,2-5,7H2,1H3. The molecule has 0 amide bonds. The van der Waals surface area contributed by atoms with E-state index >= 15 is 0 Å². The molecule has 1 aromatic heterocycles. The summed E-state index contributed by atoms with van der Waals surface area (Å²) in [6, 6.07) is 2.20. The molecule has 4 nitrogen and oxygen atoms in total. The van der Waals surface area contributed by atoms with Crippen molar-refractivity contribution in [2.75, 3.05) is 7.05 Å². The summed E-state index contributed by atoms with van der Waals surface area (Å²) in [5.74, 6) is 0.596. The van der Waals surface area contributed by atoms with E-state index < -0.39 is 0 Å². The Bertz CT molecular complexity index is 418. The van der Waals surface area contributed by atoms with Crippen LogP contribution in [0.1, 0.15) is 29.8 Å². The van der Waals surface area contributed by atoms with Crippen molar-refractivity contribution in [3.8, 4) is 0 Å². The van der Waals surface area contributed by atoms with Crippen LogP contribution in [0.5, 0.6) is 0 Å². The molecule has 0 saturated carbocycles. The van der Waals surface area contributed by atoms with Gasteiger partial charge in [0.1, 0.15) is 5.84 Å². The molecule has 3 heterocycles. The van der Waals surface area contributed by atoms with Crippen LogP contribution in [-0.2, 0) is 19.5 Å². The van der Waals surface area contributed by atoms with Gasteiger partial charge in [-0.1, -0.05) is 0 Å². The van der Waals surface area contributed by atoms with E-state index in [9.17, 15) is 0 Å². The van der Waals surface area contributed by atoms with Crippen molar-refractivity contribution < 1.29 is 0 Å². The highest BCUT2D eigenvalue weighted by Gasteiger charge is 2.25. The topological polar surface area (TPSA) is 44.0 Å². The van der Waals surface area contributed by atoms with Crippen LogP contribution >= 0.6 is 0 Å². The average molecular weight is 204 g/mol. The van der Waals surface area contributed by atoms with Gasteiger partial charge < -0.3 is 4.57 Å². The van der Waals surface area contributed by atoms with E-state index in [-0.39, 0.29) is 0 Å². The molecule has 0 aromatic carbocycles. The Labute approximate surface area is 89.4 Å². The second kappa shape index (κ2) is 3.10. The van der Waals surface area contributed by atoms with Crippen LogP contribution in [-0.4, -0.2) is 22.5 Å². The van der Waals surface area contributed by atoms with Crippen molar-refractivity contribution in [3.05, 3.63) is 23.0 Å². The van der Waals surface area contributed by atoms with Gasteiger partial charge in [0.05, 0.1) is 6.54 Å². The first-order valence-corrected chi connectivity index (χ1v) is 5.55. The Morgan fingerprint density at radius 3 is 3.13 bits per heavy atom.